The van der Waals surface area contributed by atoms with Crippen molar-refractivity contribution in [2.75, 3.05) is 32.9 Å². The van der Waals surface area contributed by atoms with Crippen LogP contribution >= 0.6 is 18.8 Å². The molecule has 3 fully saturated rings. The first-order valence-electron chi connectivity index (χ1n) is 13.7. The lowest BCUT2D eigenvalue weighted by Gasteiger charge is -2.37. The van der Waals surface area contributed by atoms with Crippen LogP contribution in [0, 0.1) is 0 Å². The van der Waals surface area contributed by atoms with Crippen molar-refractivity contribution in [1.82, 2.24) is 9.34 Å². The zero-order chi connectivity index (χ0) is 26.9. The number of hydrogen-bond acceptors (Lipinski definition) is 6. The molecule has 2 aromatic rings. The van der Waals surface area contributed by atoms with Gasteiger partial charge in [-0.1, -0.05) is 19.9 Å². The SMILES string of the molecule is CCCOC(=O)[C@@H]1CCCN1P(=[OH+])(Cc1ccc2sc(C(=O)O)cc2c1)N1CCC[C@H]1C1(OCCC)CO1. The van der Waals surface area contributed by atoms with Gasteiger partial charge in [-0.3, -0.25) is 9.36 Å². The Morgan fingerprint density at radius 1 is 1.16 bits per heavy atom. The van der Waals surface area contributed by atoms with E-state index in [9.17, 15) is 19.3 Å². The molecule has 2 N–H and O–H groups in total. The Hall–Kier alpha value is -1.81. The van der Waals surface area contributed by atoms with Crippen molar-refractivity contribution in [2.24, 2.45) is 0 Å². The summed E-state index contributed by atoms with van der Waals surface area (Å²) in [5.41, 5.74) is 0.918. The molecule has 3 aliphatic heterocycles. The average molecular weight is 566 g/mol. The predicted octanol–water partition coefficient (Wildman–Crippen LogP) is 5.27. The van der Waals surface area contributed by atoms with Gasteiger partial charge in [-0.25, -0.2) is 4.79 Å². The highest BCUT2D eigenvalue weighted by molar-refractivity contribution is 7.58. The summed E-state index contributed by atoms with van der Waals surface area (Å²) in [4.78, 5) is 24.9. The molecule has 4 heterocycles. The highest BCUT2D eigenvalue weighted by Gasteiger charge is 2.63. The Morgan fingerprint density at radius 2 is 1.89 bits per heavy atom. The van der Waals surface area contributed by atoms with E-state index in [-0.39, 0.29) is 12.0 Å². The van der Waals surface area contributed by atoms with Crippen molar-refractivity contribution < 1.29 is 33.5 Å². The zero-order valence-electron chi connectivity index (χ0n) is 22.1. The average Bonchev–Trinajstić information content (AvgIpc) is 3.32. The van der Waals surface area contributed by atoms with Crippen molar-refractivity contribution in [3.63, 3.8) is 0 Å². The fourth-order valence-electron chi connectivity index (χ4n) is 5.84. The van der Waals surface area contributed by atoms with E-state index in [1.54, 1.807) is 6.07 Å². The lowest BCUT2D eigenvalue weighted by molar-refractivity contribution is -0.147. The molecular formula is C27H38N2O7PS+. The molecule has 1 aromatic carbocycles. The molecule has 0 bridgehead atoms. The van der Waals surface area contributed by atoms with Crippen LogP contribution in [0.25, 0.3) is 10.1 Å². The van der Waals surface area contributed by atoms with E-state index in [1.807, 2.05) is 29.8 Å². The normalized spacial score (nSPS) is 27.5. The number of epoxide rings is 1. The van der Waals surface area contributed by atoms with E-state index in [4.69, 9.17) is 14.2 Å². The summed E-state index contributed by atoms with van der Waals surface area (Å²) in [6.45, 7) is 6.83. The minimum absolute atomic E-state index is 0.0937. The van der Waals surface area contributed by atoms with Gasteiger partial charge in [0.05, 0.1) is 12.6 Å². The largest absolute Gasteiger partial charge is 0.477 e. The number of rotatable bonds is 12. The number of benzene rings is 1. The fourth-order valence-corrected chi connectivity index (χ4v) is 10.4. The molecule has 38 heavy (non-hydrogen) atoms. The Balaban J connectivity index is 1.51. The quantitative estimate of drug-likeness (QED) is 0.160. The molecule has 0 saturated carbocycles. The maximum absolute atomic E-state index is 13.1. The van der Waals surface area contributed by atoms with Crippen LogP contribution in [0.15, 0.2) is 24.3 Å². The first kappa shape index (κ1) is 27.7. The third-order valence-corrected chi connectivity index (χ3v) is 12.2. The zero-order valence-corrected chi connectivity index (χ0v) is 23.8. The van der Waals surface area contributed by atoms with Crippen LogP contribution in [0.5, 0.6) is 0 Å². The van der Waals surface area contributed by atoms with Crippen molar-refractivity contribution in [3.05, 3.63) is 34.7 Å². The predicted molar refractivity (Wildman–Crippen MR) is 147 cm³/mol. The van der Waals surface area contributed by atoms with Crippen molar-refractivity contribution in [2.45, 2.75) is 76.4 Å². The number of carboxylic acid groups (broad SMARTS) is 1. The van der Waals surface area contributed by atoms with E-state index < -0.39 is 25.2 Å². The van der Waals surface area contributed by atoms with E-state index in [0.717, 1.165) is 47.8 Å². The number of ether oxygens (including phenoxy) is 3. The van der Waals surface area contributed by atoms with Crippen molar-refractivity contribution in [1.29, 1.82) is 0 Å². The van der Waals surface area contributed by atoms with Gasteiger partial charge in [0.1, 0.15) is 23.7 Å². The van der Waals surface area contributed by atoms with E-state index in [0.29, 0.717) is 50.4 Å². The van der Waals surface area contributed by atoms with Gasteiger partial charge >= 0.3 is 19.4 Å². The Bertz CT molecular complexity index is 1230. The van der Waals surface area contributed by atoms with Crippen LogP contribution in [0.3, 0.4) is 0 Å². The third-order valence-electron chi connectivity index (χ3n) is 7.67. The highest BCUT2D eigenvalue weighted by atomic mass is 32.1. The second-order valence-corrected chi connectivity index (χ2v) is 14.2. The van der Waals surface area contributed by atoms with Gasteiger partial charge in [0, 0.05) is 24.4 Å². The molecule has 9 nitrogen and oxygen atoms in total. The lowest BCUT2D eigenvalue weighted by atomic mass is 10.1. The molecule has 3 aliphatic rings. The van der Waals surface area contributed by atoms with Crippen molar-refractivity contribution >= 4 is 40.8 Å². The first-order valence-corrected chi connectivity index (χ1v) is 16.3. The second-order valence-electron chi connectivity index (χ2n) is 10.4. The molecule has 5 rings (SSSR count). The third kappa shape index (κ3) is 5.31. The van der Waals surface area contributed by atoms with Crippen LogP contribution in [0.1, 0.15) is 67.6 Å². The fraction of sp³-hybridized carbons (Fsp3) is 0.630. The number of thiophene rings is 1. The van der Waals surface area contributed by atoms with Gasteiger partial charge in [-0.2, -0.15) is 9.34 Å². The number of fused-ring (bicyclic) bond motifs is 1. The summed E-state index contributed by atoms with van der Waals surface area (Å²) >= 11 is 1.25. The van der Waals surface area contributed by atoms with Crippen LogP contribution in [-0.2, 0) is 25.2 Å². The molecular weight excluding hydrogens is 527 g/mol. The maximum Gasteiger partial charge on any atom is 0.378 e. The highest BCUT2D eigenvalue weighted by Crippen LogP contribution is 2.63. The molecule has 0 aliphatic carbocycles. The van der Waals surface area contributed by atoms with E-state index in [2.05, 4.69) is 11.6 Å². The topological polar surface area (TPSA) is 113 Å². The van der Waals surface area contributed by atoms with Crippen LogP contribution in [0.2, 0.25) is 0 Å². The summed E-state index contributed by atoms with van der Waals surface area (Å²) < 4.78 is 35.6. The minimum Gasteiger partial charge on any atom is -0.477 e. The number of carboxylic acids is 1. The molecule has 4 atom stereocenters. The molecule has 11 heteroatoms. The van der Waals surface area contributed by atoms with Gasteiger partial charge in [0.15, 0.2) is 0 Å². The first-order chi connectivity index (χ1) is 18.3. The molecule has 0 radical (unpaired) electrons. The van der Waals surface area contributed by atoms with Gasteiger partial charge in [0.2, 0.25) is 5.79 Å². The molecule has 1 aromatic heterocycles. The Morgan fingerprint density at radius 3 is 2.61 bits per heavy atom. The lowest BCUT2D eigenvalue weighted by Crippen LogP contribution is -2.47. The number of carbonyl (C=O) groups is 2. The van der Waals surface area contributed by atoms with Gasteiger partial charge in [-0.05, 0) is 67.7 Å². The summed E-state index contributed by atoms with van der Waals surface area (Å²) in [7, 11) is -3.07. The van der Waals surface area contributed by atoms with Gasteiger partial charge in [0.25, 0.3) is 0 Å². The standard InChI is InChI=1S/C27H37N2O7PS/c1-3-13-34-26(32)21-7-5-11-28(21)37(33,29-12-6-8-24(29)27(18-36-27)35-14-4-2)17-19-9-10-22-20(15-19)16-23(38-22)25(30)31/h9-10,15-16,21,24H,3-8,11-14,17-18H2,1-2H3,(H,30,31)/p+1/t21-,24-,27?,37?/m0/s1. The molecule has 208 valence electrons. The van der Waals surface area contributed by atoms with E-state index >= 15 is 0 Å². The molecule has 3 saturated heterocycles. The number of carbonyl (C=O) groups excluding carboxylic acids is 1. The van der Waals surface area contributed by atoms with Gasteiger partial charge < -0.3 is 19.3 Å². The van der Waals surface area contributed by atoms with Gasteiger partial charge in [-0.15, -0.1) is 11.3 Å². The smallest absolute Gasteiger partial charge is 0.378 e. The number of hydrogen-bond donors (Lipinski definition) is 1. The summed E-state index contributed by atoms with van der Waals surface area (Å²) in [6.07, 6.45) is 5.23. The molecule has 0 amide bonds. The summed E-state index contributed by atoms with van der Waals surface area (Å²) in [5.74, 6) is -1.91. The second kappa shape index (κ2) is 11.4. The minimum atomic E-state index is -3.07. The van der Waals surface area contributed by atoms with Crippen molar-refractivity contribution in [3.8, 4) is 0 Å². The van der Waals surface area contributed by atoms with Crippen LogP contribution in [-0.4, -0.2) is 81.7 Å². The number of nitrogens with zero attached hydrogens (tertiary/aromatic N) is 2. The van der Waals surface area contributed by atoms with Crippen LogP contribution in [0.4, 0.5) is 0 Å². The number of esters is 1. The number of aromatic carboxylic acids is 1. The molecule has 0 spiro atoms. The molecule has 2 unspecified atom stereocenters. The maximum atomic E-state index is 13.1. The monoisotopic (exact) mass is 565 g/mol. The summed E-state index contributed by atoms with van der Waals surface area (Å²) in [6, 6.07) is 6.99. The Kier molecular flexibility index (Phi) is 8.29. The van der Waals surface area contributed by atoms with Crippen LogP contribution < -0.4 is 0 Å². The van der Waals surface area contributed by atoms with E-state index in [1.165, 1.54) is 11.3 Å². The Labute approximate surface area is 227 Å². The summed E-state index contributed by atoms with van der Waals surface area (Å²) in [5, 5.41) is 10.3.